The SMILES string of the molecule is [O-][Cl+3]([O-])([O-])[O-].c1ccccccccc[cH+]cccccccc1. The van der Waals surface area contributed by atoms with Crippen LogP contribution in [0.15, 0.2) is 115 Å². The lowest BCUT2D eigenvalue weighted by molar-refractivity contribution is -2.00. The van der Waals surface area contributed by atoms with Crippen molar-refractivity contribution in [1.29, 1.82) is 0 Å². The van der Waals surface area contributed by atoms with Gasteiger partial charge in [0.25, 0.3) is 0 Å². The van der Waals surface area contributed by atoms with Gasteiger partial charge in [-0.2, -0.15) is 0 Å². The monoisotopic (exact) mass is 346 g/mol. The van der Waals surface area contributed by atoms with Crippen LogP contribution in [0.4, 0.5) is 0 Å². The van der Waals surface area contributed by atoms with Crippen molar-refractivity contribution < 1.29 is 28.9 Å². The van der Waals surface area contributed by atoms with Crippen LogP contribution in [0.3, 0.4) is 0 Å². The molecule has 0 saturated carbocycles. The molecule has 0 aliphatic heterocycles. The van der Waals surface area contributed by atoms with Gasteiger partial charge in [0, 0.05) is 30.3 Å². The van der Waals surface area contributed by atoms with Gasteiger partial charge in [0.2, 0.25) is 0 Å². The van der Waals surface area contributed by atoms with Gasteiger partial charge in [0.1, 0.15) is 0 Å². The van der Waals surface area contributed by atoms with E-state index in [1.807, 2.05) is 115 Å². The molecule has 24 heavy (non-hydrogen) atoms. The van der Waals surface area contributed by atoms with Crippen LogP contribution in [0.25, 0.3) is 0 Å². The molecule has 1 aromatic rings. The van der Waals surface area contributed by atoms with Crippen molar-refractivity contribution in [3.63, 3.8) is 0 Å². The first-order chi connectivity index (χ1) is 11.5. The first-order valence-corrected chi connectivity index (χ1v) is 8.18. The normalized spacial score (nSPS) is 8.83. The second-order valence-electron chi connectivity index (χ2n) is 4.03. The van der Waals surface area contributed by atoms with Crippen molar-refractivity contribution >= 4 is 0 Å². The average Bonchev–Trinajstić information content (AvgIpc) is 2.49. The Morgan fingerprint density at radius 3 is 0.750 bits per heavy atom. The molecule has 0 unspecified atom stereocenters. The summed E-state index contributed by atoms with van der Waals surface area (Å²) in [5, 5.41) is 0. The van der Waals surface area contributed by atoms with Crippen molar-refractivity contribution in [1.82, 2.24) is 0 Å². The lowest BCUT2D eigenvalue weighted by Gasteiger charge is -2.17. The summed E-state index contributed by atoms with van der Waals surface area (Å²) in [6.07, 6.45) is 0. The Kier molecular flexibility index (Phi) is 14.0. The van der Waals surface area contributed by atoms with Gasteiger partial charge in [-0.25, -0.2) is 18.6 Å². The minimum Gasteiger partial charge on any atom is -0.222 e. The third kappa shape index (κ3) is 24.7. The molecule has 0 fully saturated rings. The van der Waals surface area contributed by atoms with Gasteiger partial charge in [-0.3, -0.25) is 0 Å². The molecule has 0 amide bonds. The predicted molar refractivity (Wildman–Crippen MR) is 83.7 cm³/mol. The molecule has 0 N–H and O–H groups in total. The molecule has 0 bridgehead atoms. The van der Waals surface area contributed by atoms with E-state index in [4.69, 9.17) is 18.6 Å². The molecule has 0 aliphatic carbocycles. The van der Waals surface area contributed by atoms with Crippen LogP contribution >= 0.6 is 0 Å². The van der Waals surface area contributed by atoms with E-state index in [0.717, 1.165) is 0 Å². The summed E-state index contributed by atoms with van der Waals surface area (Å²) in [7, 11) is -4.94. The summed E-state index contributed by atoms with van der Waals surface area (Å²) in [4.78, 5) is 0. The van der Waals surface area contributed by atoms with Gasteiger partial charge in [0.15, 0.2) is 0 Å². The van der Waals surface area contributed by atoms with Crippen LogP contribution in [0.1, 0.15) is 0 Å². The highest BCUT2D eigenvalue weighted by Gasteiger charge is 1.84. The second-order valence-corrected chi connectivity index (χ2v) is 4.79. The summed E-state index contributed by atoms with van der Waals surface area (Å²) in [6, 6.07) is 38.0. The van der Waals surface area contributed by atoms with Crippen LogP contribution < -0.4 is 18.6 Å². The third-order valence-corrected chi connectivity index (χ3v) is 2.11. The quantitative estimate of drug-likeness (QED) is 0.642. The Morgan fingerprint density at radius 2 is 0.542 bits per heavy atom. The molecule has 0 aromatic heterocycles. The lowest BCUT2D eigenvalue weighted by atomic mass is 10.4. The molecule has 4 nitrogen and oxygen atoms in total. The first-order valence-electron chi connectivity index (χ1n) is 6.95. The van der Waals surface area contributed by atoms with E-state index in [0.29, 0.717) is 0 Å². The Morgan fingerprint density at radius 1 is 0.375 bits per heavy atom. The van der Waals surface area contributed by atoms with Gasteiger partial charge in [0.05, 0.1) is 0 Å². The van der Waals surface area contributed by atoms with Crippen LogP contribution in [0.2, 0.25) is 0 Å². The van der Waals surface area contributed by atoms with Crippen LogP contribution in [-0.2, 0) is 0 Å². The fraction of sp³-hybridized carbons (Fsp3) is 0. The molecule has 126 valence electrons. The topological polar surface area (TPSA) is 92.2 Å². The van der Waals surface area contributed by atoms with Crippen LogP contribution in [0, 0.1) is 10.2 Å². The smallest absolute Gasteiger partial charge is 0.0466 e. The first kappa shape index (κ1) is 21.7. The Hall–Kier alpha value is -2.34. The van der Waals surface area contributed by atoms with Crippen LogP contribution in [0.5, 0.6) is 0 Å². The Bertz CT molecular complexity index is 403. The Balaban J connectivity index is 0.000000922. The minimum absolute atomic E-state index is 2.00. The van der Waals surface area contributed by atoms with Gasteiger partial charge >= 0.3 is 0 Å². The fourth-order valence-corrected chi connectivity index (χ4v) is 1.22. The van der Waals surface area contributed by atoms with E-state index in [2.05, 4.69) is 0 Å². The molecule has 0 aliphatic rings. The molecule has 0 saturated heterocycles. The molecule has 1 rings (SSSR count). The van der Waals surface area contributed by atoms with E-state index < -0.39 is 10.2 Å². The standard InChI is InChI=1S/C19H19.ClHO4/c1-2-4-6-8-10-12-14-16-18-19-17-15-13-11-9-7-5-3-1;2-1(3,4)5/h1-19H;(H,2,3,4,5)/q+1;/p-1. The second kappa shape index (κ2) is 15.6. The summed E-state index contributed by atoms with van der Waals surface area (Å²) >= 11 is 0. The Labute approximate surface area is 144 Å². The van der Waals surface area contributed by atoms with Crippen molar-refractivity contribution in [2.45, 2.75) is 0 Å². The zero-order valence-corrected chi connectivity index (χ0v) is 13.7. The maximum Gasteiger partial charge on any atom is 0.0466 e. The average molecular weight is 347 g/mol. The number of hydrogen-bond donors (Lipinski definition) is 0. The molecule has 0 heterocycles. The molecular formula is C19H19ClO4. The summed E-state index contributed by atoms with van der Waals surface area (Å²) in [5.41, 5.74) is 0. The number of rotatable bonds is 0. The van der Waals surface area contributed by atoms with Crippen molar-refractivity contribution in [2.75, 3.05) is 0 Å². The molecule has 1 aromatic carbocycles. The van der Waals surface area contributed by atoms with Gasteiger partial charge in [-0.05, 0) is 24.3 Å². The highest BCUT2D eigenvalue weighted by atomic mass is 35.7. The van der Waals surface area contributed by atoms with Gasteiger partial charge in [-0.15, -0.1) is 10.2 Å². The fourth-order valence-electron chi connectivity index (χ4n) is 1.22. The molecule has 0 radical (unpaired) electrons. The van der Waals surface area contributed by atoms with Gasteiger partial charge < -0.3 is 0 Å². The summed E-state index contributed by atoms with van der Waals surface area (Å²) in [5.74, 6) is 0. The maximum absolute atomic E-state index is 8.49. The summed E-state index contributed by atoms with van der Waals surface area (Å²) < 4.78 is 34.0. The highest BCUT2D eigenvalue weighted by molar-refractivity contribution is 5.00. The van der Waals surface area contributed by atoms with E-state index in [1.165, 1.54) is 0 Å². The molecule has 5 heteroatoms. The zero-order valence-electron chi connectivity index (χ0n) is 13.0. The van der Waals surface area contributed by atoms with E-state index in [9.17, 15) is 0 Å². The highest BCUT2D eigenvalue weighted by Crippen LogP contribution is 1.81. The van der Waals surface area contributed by atoms with Crippen molar-refractivity contribution in [3.8, 4) is 0 Å². The lowest BCUT2D eigenvalue weighted by Crippen LogP contribution is -2.68. The molecular weight excluding hydrogens is 328 g/mol. The van der Waals surface area contributed by atoms with Crippen LogP contribution in [-0.4, -0.2) is 0 Å². The summed E-state index contributed by atoms with van der Waals surface area (Å²) in [6.45, 7) is 0. The molecule has 0 atom stereocenters. The largest absolute Gasteiger partial charge is 0.222 e. The van der Waals surface area contributed by atoms with E-state index in [1.54, 1.807) is 0 Å². The van der Waals surface area contributed by atoms with E-state index >= 15 is 0 Å². The number of hydrogen-bond acceptors (Lipinski definition) is 4. The zero-order chi connectivity index (χ0) is 17.9. The minimum atomic E-state index is -4.94. The predicted octanol–water partition coefficient (Wildman–Crippen LogP) is 0.585. The third-order valence-electron chi connectivity index (χ3n) is 2.11. The van der Waals surface area contributed by atoms with E-state index in [-0.39, 0.29) is 0 Å². The van der Waals surface area contributed by atoms with Gasteiger partial charge in [-0.1, -0.05) is 60.7 Å². The van der Waals surface area contributed by atoms with Crippen molar-refractivity contribution in [2.24, 2.45) is 0 Å². The van der Waals surface area contributed by atoms with Crippen molar-refractivity contribution in [3.05, 3.63) is 115 Å². The number of halogens is 1. The maximum atomic E-state index is 8.49. The molecule has 0 spiro atoms.